The molecule has 4 nitrogen and oxygen atoms in total. The van der Waals surface area contributed by atoms with Crippen LogP contribution in [0.1, 0.15) is 387 Å². The highest BCUT2D eigenvalue weighted by molar-refractivity contribution is 5.83. The highest BCUT2D eigenvalue weighted by Crippen LogP contribution is 2.22. The van der Waals surface area contributed by atoms with Gasteiger partial charge in [-0.1, -0.05) is 342 Å². The van der Waals surface area contributed by atoms with Gasteiger partial charge in [-0.3, -0.25) is 9.59 Å². The van der Waals surface area contributed by atoms with E-state index in [1.807, 2.05) is 0 Å². The largest absolute Gasteiger partial charge is 0.466 e. The molecule has 0 heterocycles. The molecule has 0 saturated carbocycles. The summed E-state index contributed by atoms with van der Waals surface area (Å²) >= 11 is 0. The number of carbonyl (C=O) groups excluding carboxylic acids is 2. The van der Waals surface area contributed by atoms with Crippen LogP contribution in [0.3, 0.4) is 0 Å². The number of rotatable bonds is 62. The number of allylic oxidation sites excluding steroid dienone is 2. The second kappa shape index (κ2) is 62.2. The van der Waals surface area contributed by atoms with Crippen LogP contribution in [0, 0.1) is 5.92 Å². The molecule has 0 rings (SSSR count). The summed E-state index contributed by atoms with van der Waals surface area (Å²) in [7, 11) is 0. The second-order valence-corrected chi connectivity index (χ2v) is 23.3. The molecule has 0 aromatic heterocycles. The van der Waals surface area contributed by atoms with Crippen LogP contribution in [-0.4, -0.2) is 36.5 Å². The summed E-state index contributed by atoms with van der Waals surface area (Å²) in [6.45, 7) is 11.3. The molecule has 72 heavy (non-hydrogen) atoms. The number of hydrogen-bond donors (Lipinski definition) is 0. The first-order valence-corrected chi connectivity index (χ1v) is 33.7. The van der Waals surface area contributed by atoms with E-state index in [0.717, 1.165) is 51.6 Å². The fourth-order valence-corrected chi connectivity index (χ4v) is 10.9. The summed E-state index contributed by atoms with van der Waals surface area (Å²) < 4.78 is 5.75. The Bertz CT molecular complexity index is 1060. The standard InChI is InChI=1S/C68H133NO3/c1-5-9-13-17-21-22-23-24-25-26-27-28-29-30-31-32-33-34-35-36-37-38-39-40-41-42-43-44-45-46-47-48-49-50-51-52-53-57-61-66(65-67(70)72-64-60-56-20-16-12-8-4)68(71)69(62-58-54-18-14-10-6-2)63-59-55-19-15-11-7-3/h36-37,66H,5-35,38-65H2,1-4H3/b37-36+. The Morgan fingerprint density at radius 3 is 0.875 bits per heavy atom. The molecule has 0 radical (unpaired) electrons. The third-order valence-corrected chi connectivity index (χ3v) is 16.0. The summed E-state index contributed by atoms with van der Waals surface area (Å²) in [6.07, 6.45) is 78.3. The minimum atomic E-state index is -0.229. The fourth-order valence-electron chi connectivity index (χ4n) is 10.9. The summed E-state index contributed by atoms with van der Waals surface area (Å²) in [4.78, 5) is 29.5. The maximum Gasteiger partial charge on any atom is 0.306 e. The highest BCUT2D eigenvalue weighted by atomic mass is 16.5. The molecule has 428 valence electrons. The fraction of sp³-hybridized carbons (Fsp3) is 0.941. The van der Waals surface area contributed by atoms with Crippen LogP contribution >= 0.6 is 0 Å². The predicted octanol–water partition coefficient (Wildman–Crippen LogP) is 23.5. The van der Waals surface area contributed by atoms with Crippen molar-refractivity contribution in [3.05, 3.63) is 12.2 Å². The Kier molecular flexibility index (Phi) is 61.1. The molecule has 0 bridgehead atoms. The minimum Gasteiger partial charge on any atom is -0.466 e. The van der Waals surface area contributed by atoms with Gasteiger partial charge in [-0.25, -0.2) is 0 Å². The molecule has 0 aromatic carbocycles. The molecule has 0 fully saturated rings. The number of unbranched alkanes of at least 4 members (excludes halogenated alkanes) is 49. The van der Waals surface area contributed by atoms with E-state index < -0.39 is 0 Å². The third-order valence-electron chi connectivity index (χ3n) is 16.0. The highest BCUT2D eigenvalue weighted by Gasteiger charge is 2.27. The molecule has 0 spiro atoms. The zero-order chi connectivity index (χ0) is 52.2. The molecule has 1 amide bonds. The molecular weight excluding hydrogens is 879 g/mol. The van der Waals surface area contributed by atoms with Crippen molar-refractivity contribution in [3.63, 3.8) is 0 Å². The van der Waals surface area contributed by atoms with Gasteiger partial charge in [0.2, 0.25) is 5.91 Å². The van der Waals surface area contributed by atoms with Crippen LogP contribution < -0.4 is 0 Å². The van der Waals surface area contributed by atoms with E-state index in [9.17, 15) is 9.59 Å². The topological polar surface area (TPSA) is 46.6 Å². The van der Waals surface area contributed by atoms with Gasteiger partial charge in [-0.15, -0.1) is 0 Å². The van der Waals surface area contributed by atoms with Crippen LogP contribution in [0.25, 0.3) is 0 Å². The van der Waals surface area contributed by atoms with Gasteiger partial charge in [0, 0.05) is 19.0 Å². The van der Waals surface area contributed by atoms with Crippen molar-refractivity contribution in [2.24, 2.45) is 5.92 Å². The maximum absolute atomic E-state index is 14.2. The van der Waals surface area contributed by atoms with E-state index >= 15 is 0 Å². The summed E-state index contributed by atoms with van der Waals surface area (Å²) in [5, 5.41) is 0. The molecule has 0 aliphatic carbocycles. The average Bonchev–Trinajstić information content (AvgIpc) is 3.38. The van der Waals surface area contributed by atoms with E-state index in [0.29, 0.717) is 6.61 Å². The molecule has 1 atom stereocenters. The average molecular weight is 1010 g/mol. The molecule has 0 aliphatic rings. The van der Waals surface area contributed by atoms with Crippen LogP contribution in [0.4, 0.5) is 0 Å². The van der Waals surface area contributed by atoms with Crippen molar-refractivity contribution < 1.29 is 14.3 Å². The monoisotopic (exact) mass is 1010 g/mol. The molecule has 0 saturated heterocycles. The summed E-state index contributed by atoms with van der Waals surface area (Å²) in [6, 6.07) is 0. The van der Waals surface area contributed by atoms with Crippen molar-refractivity contribution in [2.75, 3.05) is 19.7 Å². The molecular formula is C68H133NO3. The number of nitrogens with zero attached hydrogens (tertiary/aromatic N) is 1. The SMILES string of the molecule is CCCCCCCCCCCCCCCCCCCC/C=C/CCCCCCCCCCCCCCCCCCC(CC(=O)OCCCCCCCC)C(=O)N(CCCCCCCC)CCCCCCCC. The van der Waals surface area contributed by atoms with Gasteiger partial charge < -0.3 is 9.64 Å². The number of hydrogen-bond acceptors (Lipinski definition) is 3. The molecule has 0 N–H and O–H groups in total. The Balaban J connectivity index is 4.06. The van der Waals surface area contributed by atoms with Crippen molar-refractivity contribution in [2.45, 2.75) is 387 Å². The zero-order valence-electron chi connectivity index (χ0n) is 50.1. The van der Waals surface area contributed by atoms with Crippen molar-refractivity contribution in [1.29, 1.82) is 0 Å². The predicted molar refractivity (Wildman–Crippen MR) is 321 cm³/mol. The van der Waals surface area contributed by atoms with Crippen LogP contribution in [0.15, 0.2) is 12.2 Å². The second-order valence-electron chi connectivity index (χ2n) is 23.3. The van der Waals surface area contributed by atoms with Gasteiger partial charge in [0.25, 0.3) is 0 Å². The van der Waals surface area contributed by atoms with Crippen molar-refractivity contribution in [3.8, 4) is 0 Å². The van der Waals surface area contributed by atoms with Gasteiger partial charge in [0.15, 0.2) is 0 Å². The first-order valence-electron chi connectivity index (χ1n) is 33.7. The zero-order valence-corrected chi connectivity index (χ0v) is 50.1. The Morgan fingerprint density at radius 2 is 0.569 bits per heavy atom. The van der Waals surface area contributed by atoms with Crippen LogP contribution in [0.2, 0.25) is 0 Å². The molecule has 1 unspecified atom stereocenters. The number of carbonyl (C=O) groups is 2. The lowest BCUT2D eigenvalue weighted by molar-refractivity contribution is -0.149. The van der Waals surface area contributed by atoms with Gasteiger partial charge in [-0.05, 0) is 51.4 Å². The Hall–Kier alpha value is -1.32. The molecule has 0 aromatic rings. The number of esters is 1. The normalized spacial score (nSPS) is 12.1. The Labute approximate surface area is 454 Å². The Morgan fingerprint density at radius 1 is 0.319 bits per heavy atom. The lowest BCUT2D eigenvalue weighted by Crippen LogP contribution is -2.38. The first-order chi connectivity index (χ1) is 35.6. The van der Waals surface area contributed by atoms with Crippen LogP contribution in [-0.2, 0) is 14.3 Å². The van der Waals surface area contributed by atoms with Gasteiger partial charge in [0.1, 0.15) is 0 Å². The first kappa shape index (κ1) is 70.7. The minimum absolute atomic E-state index is 0.157. The van der Waals surface area contributed by atoms with Crippen molar-refractivity contribution in [1.82, 2.24) is 4.90 Å². The summed E-state index contributed by atoms with van der Waals surface area (Å²) in [5.74, 6) is -0.157. The quantitative estimate of drug-likeness (QED) is 0.0346. The lowest BCUT2D eigenvalue weighted by atomic mass is 9.95. The third kappa shape index (κ3) is 54.9. The van der Waals surface area contributed by atoms with Gasteiger partial charge in [-0.2, -0.15) is 0 Å². The summed E-state index contributed by atoms with van der Waals surface area (Å²) in [5.41, 5.74) is 0. The van der Waals surface area contributed by atoms with E-state index in [-0.39, 0.29) is 24.2 Å². The van der Waals surface area contributed by atoms with Crippen LogP contribution in [0.5, 0.6) is 0 Å². The van der Waals surface area contributed by atoms with E-state index in [4.69, 9.17) is 4.74 Å². The maximum atomic E-state index is 14.2. The van der Waals surface area contributed by atoms with E-state index in [2.05, 4.69) is 44.7 Å². The van der Waals surface area contributed by atoms with E-state index in [1.165, 1.54) is 315 Å². The van der Waals surface area contributed by atoms with Crippen molar-refractivity contribution >= 4 is 11.9 Å². The van der Waals surface area contributed by atoms with Gasteiger partial charge >= 0.3 is 5.97 Å². The molecule has 0 aliphatic heterocycles. The molecule has 4 heteroatoms. The lowest BCUT2D eigenvalue weighted by Gasteiger charge is -2.27. The number of amides is 1. The smallest absolute Gasteiger partial charge is 0.306 e. The number of ether oxygens (including phenoxy) is 1. The van der Waals surface area contributed by atoms with E-state index in [1.54, 1.807) is 0 Å². The van der Waals surface area contributed by atoms with Gasteiger partial charge in [0.05, 0.1) is 13.0 Å².